The zero-order valence-electron chi connectivity index (χ0n) is 18.8. The van der Waals surface area contributed by atoms with Crippen molar-refractivity contribution in [3.05, 3.63) is 112 Å². The van der Waals surface area contributed by atoms with Gasteiger partial charge in [-0.05, 0) is 34.9 Å². The maximum Gasteiger partial charge on any atom is 0.423 e. The second-order valence-corrected chi connectivity index (χ2v) is 7.26. The lowest BCUT2D eigenvalue weighted by molar-refractivity contribution is -0.0882. The molecule has 0 atom stereocenters. The van der Waals surface area contributed by atoms with Crippen LogP contribution >= 0.6 is 0 Å². The molecule has 0 aliphatic heterocycles. The van der Waals surface area contributed by atoms with Gasteiger partial charge in [0.15, 0.2) is 5.75 Å². The topological polar surface area (TPSA) is 48.6 Å². The van der Waals surface area contributed by atoms with Crippen molar-refractivity contribution in [2.24, 2.45) is 0 Å². The van der Waals surface area contributed by atoms with Crippen LogP contribution in [0.2, 0.25) is 0 Å². The Morgan fingerprint density at radius 3 is 2.14 bits per heavy atom. The molecule has 0 N–H and O–H groups in total. The minimum atomic E-state index is -4.61. The fourth-order valence-corrected chi connectivity index (χ4v) is 2.79. The SMILES string of the molecule is C#[N+]C=C(C=C(C)C#Cc1cc(OCc2ccccc2)c(OCc2ccccc2)nn1)C(F)(F)F. The molecule has 0 radical (unpaired) electrons. The number of nitrogens with zero attached hydrogens (tertiary/aromatic N) is 3. The van der Waals surface area contributed by atoms with Gasteiger partial charge in [-0.2, -0.15) is 13.2 Å². The van der Waals surface area contributed by atoms with E-state index in [0.717, 1.165) is 17.2 Å². The lowest BCUT2D eigenvalue weighted by Gasteiger charge is -2.11. The monoisotopic (exact) mass is 476 g/mol. The van der Waals surface area contributed by atoms with E-state index in [2.05, 4.69) is 26.9 Å². The highest BCUT2D eigenvalue weighted by atomic mass is 19.4. The van der Waals surface area contributed by atoms with E-state index >= 15 is 0 Å². The van der Waals surface area contributed by atoms with Crippen LogP contribution in [0.15, 0.2) is 90.2 Å². The second kappa shape index (κ2) is 12.1. The summed E-state index contributed by atoms with van der Waals surface area (Å²) in [7, 11) is 0. The van der Waals surface area contributed by atoms with Crippen molar-refractivity contribution in [2.75, 3.05) is 0 Å². The summed E-state index contributed by atoms with van der Waals surface area (Å²) in [5.41, 5.74) is 1.19. The number of benzene rings is 2. The number of aromatic nitrogens is 2. The number of alkyl halides is 3. The molecular weight excluding hydrogens is 455 g/mol. The molecule has 1 heterocycles. The van der Waals surface area contributed by atoms with Gasteiger partial charge in [0, 0.05) is 11.6 Å². The Bertz CT molecular complexity index is 1300. The zero-order valence-corrected chi connectivity index (χ0v) is 18.8. The fourth-order valence-electron chi connectivity index (χ4n) is 2.79. The van der Waals surface area contributed by atoms with E-state index in [4.69, 9.17) is 16.0 Å². The van der Waals surface area contributed by atoms with Crippen LogP contribution in [-0.4, -0.2) is 16.4 Å². The molecule has 5 nitrogen and oxygen atoms in total. The quantitative estimate of drug-likeness (QED) is 0.295. The molecule has 0 aliphatic carbocycles. The van der Waals surface area contributed by atoms with Gasteiger partial charge >= 0.3 is 12.4 Å². The normalized spacial score (nSPS) is 11.7. The van der Waals surface area contributed by atoms with Gasteiger partial charge < -0.3 is 9.47 Å². The highest BCUT2D eigenvalue weighted by molar-refractivity contribution is 5.44. The van der Waals surface area contributed by atoms with Crippen LogP contribution in [0.5, 0.6) is 11.6 Å². The Hall–Kier alpha value is -4.56. The molecule has 0 bridgehead atoms. The molecule has 0 saturated heterocycles. The van der Waals surface area contributed by atoms with Crippen molar-refractivity contribution < 1.29 is 22.6 Å². The van der Waals surface area contributed by atoms with Crippen molar-refractivity contribution in [2.45, 2.75) is 26.3 Å². The maximum absolute atomic E-state index is 13.0. The summed E-state index contributed by atoms with van der Waals surface area (Å²) in [6, 6.07) is 20.6. The van der Waals surface area contributed by atoms with Crippen LogP contribution in [0.4, 0.5) is 13.2 Å². The predicted molar refractivity (Wildman–Crippen MR) is 127 cm³/mol. The first-order chi connectivity index (χ1) is 16.8. The Morgan fingerprint density at radius 1 is 0.971 bits per heavy atom. The van der Waals surface area contributed by atoms with Gasteiger partial charge in [0.05, 0.1) is 0 Å². The van der Waals surface area contributed by atoms with Crippen LogP contribution in [0, 0.1) is 18.4 Å². The molecule has 3 rings (SSSR count). The molecule has 1 aromatic heterocycles. The summed E-state index contributed by atoms with van der Waals surface area (Å²) in [6.45, 7) is 6.81. The van der Waals surface area contributed by atoms with E-state index in [1.54, 1.807) is 0 Å². The molecule has 176 valence electrons. The maximum atomic E-state index is 13.0. The summed E-state index contributed by atoms with van der Waals surface area (Å²) in [6.07, 6.45) is -3.23. The third-order valence-electron chi connectivity index (χ3n) is 4.48. The first kappa shape index (κ1) is 25.1. The molecule has 2 aromatic carbocycles. The van der Waals surface area contributed by atoms with E-state index in [0.29, 0.717) is 11.9 Å². The van der Waals surface area contributed by atoms with Crippen LogP contribution in [0.3, 0.4) is 0 Å². The van der Waals surface area contributed by atoms with Gasteiger partial charge in [-0.3, -0.25) is 0 Å². The Kier molecular flexibility index (Phi) is 8.64. The molecule has 0 unspecified atom stereocenters. The van der Waals surface area contributed by atoms with Gasteiger partial charge in [0.25, 0.3) is 12.5 Å². The number of halogens is 3. The van der Waals surface area contributed by atoms with Gasteiger partial charge in [-0.25, -0.2) is 0 Å². The van der Waals surface area contributed by atoms with Crippen molar-refractivity contribution in [3.63, 3.8) is 0 Å². The molecule has 0 amide bonds. The van der Waals surface area contributed by atoms with Crippen molar-refractivity contribution in [3.8, 4) is 30.0 Å². The minimum Gasteiger partial charge on any atom is -0.483 e. The highest BCUT2D eigenvalue weighted by Crippen LogP contribution is 2.28. The molecule has 0 saturated carbocycles. The first-order valence-electron chi connectivity index (χ1n) is 10.4. The van der Waals surface area contributed by atoms with E-state index in [-0.39, 0.29) is 30.4 Å². The summed E-state index contributed by atoms with van der Waals surface area (Å²) in [4.78, 5) is 2.95. The number of hydrogen-bond donors (Lipinski definition) is 0. The van der Waals surface area contributed by atoms with E-state index in [1.807, 2.05) is 60.7 Å². The fraction of sp³-hybridized carbons (Fsp3) is 0.148. The smallest absolute Gasteiger partial charge is 0.423 e. The van der Waals surface area contributed by atoms with Gasteiger partial charge in [-0.1, -0.05) is 66.6 Å². The number of ether oxygens (including phenoxy) is 2. The highest BCUT2D eigenvalue weighted by Gasteiger charge is 2.34. The zero-order chi connectivity index (χ0) is 25.1. The molecule has 0 spiro atoms. The van der Waals surface area contributed by atoms with Gasteiger partial charge in [0.1, 0.15) is 24.5 Å². The first-order valence-corrected chi connectivity index (χ1v) is 10.4. The number of hydrogen-bond acceptors (Lipinski definition) is 4. The van der Waals surface area contributed by atoms with E-state index in [9.17, 15) is 13.2 Å². The minimum absolute atomic E-state index is 0.134. The predicted octanol–water partition coefficient (Wildman–Crippen LogP) is 6.34. The van der Waals surface area contributed by atoms with Gasteiger partial charge in [-0.15, -0.1) is 10.2 Å². The lowest BCUT2D eigenvalue weighted by atomic mass is 10.1. The Labute approximate surface area is 201 Å². The van der Waals surface area contributed by atoms with Crippen molar-refractivity contribution in [1.82, 2.24) is 10.2 Å². The summed E-state index contributed by atoms with van der Waals surface area (Å²) >= 11 is 0. The standard InChI is InChI=1S/C27H21F3N3O2/c1-20(15-23(17-31-2)27(28,29)30)13-14-24-16-25(34-18-21-9-5-3-6-10-21)26(33-32-24)35-19-22-11-7-4-8-12-22/h2-12,15-17H,18-19H2,1H3/q+1. The summed E-state index contributed by atoms with van der Waals surface area (Å²) in [5.74, 6) is 5.81. The molecule has 0 fully saturated rings. The van der Waals surface area contributed by atoms with Crippen LogP contribution < -0.4 is 9.47 Å². The van der Waals surface area contributed by atoms with E-state index < -0.39 is 11.7 Å². The molecule has 35 heavy (non-hydrogen) atoms. The lowest BCUT2D eigenvalue weighted by Crippen LogP contribution is -2.09. The Morgan fingerprint density at radius 2 is 1.57 bits per heavy atom. The second-order valence-electron chi connectivity index (χ2n) is 7.26. The third-order valence-corrected chi connectivity index (χ3v) is 4.48. The number of rotatable bonds is 7. The third kappa shape index (κ3) is 8.06. The molecule has 0 aliphatic rings. The average Bonchev–Trinajstić information content (AvgIpc) is 2.86. The number of allylic oxidation sites excluding steroid dienone is 3. The van der Waals surface area contributed by atoms with Crippen molar-refractivity contribution >= 4 is 0 Å². The molecule has 3 aromatic rings. The summed E-state index contributed by atoms with van der Waals surface area (Å²) < 4.78 is 50.8. The van der Waals surface area contributed by atoms with E-state index in [1.165, 1.54) is 13.0 Å². The van der Waals surface area contributed by atoms with Crippen LogP contribution in [0.1, 0.15) is 23.7 Å². The largest absolute Gasteiger partial charge is 0.483 e. The molecule has 8 heteroatoms. The molecular formula is C27H21F3N3O2+. The average molecular weight is 476 g/mol. The summed E-state index contributed by atoms with van der Waals surface area (Å²) in [5, 5.41) is 8.08. The van der Waals surface area contributed by atoms with Crippen molar-refractivity contribution in [1.29, 1.82) is 0 Å². The Balaban J connectivity index is 1.84. The van der Waals surface area contributed by atoms with Crippen LogP contribution in [-0.2, 0) is 13.2 Å². The van der Waals surface area contributed by atoms with Gasteiger partial charge in [0.2, 0.25) is 0 Å². The van der Waals surface area contributed by atoms with Crippen LogP contribution in [0.25, 0.3) is 4.85 Å².